The molecule has 0 aliphatic heterocycles. The van der Waals surface area contributed by atoms with Crippen molar-refractivity contribution in [3.8, 4) is 11.5 Å². The van der Waals surface area contributed by atoms with Crippen molar-refractivity contribution in [2.24, 2.45) is 0 Å². The number of furan rings is 1. The van der Waals surface area contributed by atoms with Gasteiger partial charge in [0.15, 0.2) is 16.0 Å². The Hall–Kier alpha value is -3.82. The quantitative estimate of drug-likeness (QED) is 0.351. The Kier molecular flexibility index (Phi) is 5.49. The molecule has 2 aromatic carbocycles. The van der Waals surface area contributed by atoms with Crippen LogP contribution in [0.1, 0.15) is 16.1 Å². The number of nitrogens with one attached hydrogen (secondary N) is 2. The van der Waals surface area contributed by atoms with Crippen molar-refractivity contribution in [1.29, 1.82) is 0 Å². The Morgan fingerprint density at radius 2 is 1.62 bits per heavy atom. The summed E-state index contributed by atoms with van der Waals surface area (Å²) in [5, 5.41) is 11.1. The van der Waals surface area contributed by atoms with Crippen molar-refractivity contribution in [3.05, 3.63) is 82.7 Å². The van der Waals surface area contributed by atoms with Crippen LogP contribution in [0.2, 0.25) is 0 Å². The third-order valence-corrected chi connectivity index (χ3v) is 6.14. The molecule has 0 saturated carbocycles. The predicted octanol–water partition coefficient (Wildman–Crippen LogP) is 5.45. The molecule has 9 heteroatoms. The van der Waals surface area contributed by atoms with Crippen LogP contribution in [0.4, 0.5) is 10.3 Å². The third kappa shape index (κ3) is 4.43. The molecule has 3 aromatic heterocycles. The lowest BCUT2D eigenvalue weighted by atomic mass is 10.2. The minimum absolute atomic E-state index is 0.0806. The summed E-state index contributed by atoms with van der Waals surface area (Å²) in [6.45, 7) is 0. The van der Waals surface area contributed by atoms with E-state index in [9.17, 15) is 9.59 Å². The summed E-state index contributed by atoms with van der Waals surface area (Å²) in [6.07, 6.45) is 0.0806. The van der Waals surface area contributed by atoms with Gasteiger partial charge in [0.25, 0.3) is 5.91 Å². The van der Waals surface area contributed by atoms with E-state index >= 15 is 0 Å². The highest BCUT2D eigenvalue weighted by molar-refractivity contribution is 7.14. The zero-order chi connectivity index (χ0) is 21.9. The number of benzene rings is 2. The van der Waals surface area contributed by atoms with E-state index in [0.29, 0.717) is 33.0 Å². The van der Waals surface area contributed by atoms with Gasteiger partial charge in [-0.3, -0.25) is 14.9 Å². The third-order valence-electron chi connectivity index (χ3n) is 4.58. The van der Waals surface area contributed by atoms with Gasteiger partial charge in [0.05, 0.1) is 12.1 Å². The van der Waals surface area contributed by atoms with Gasteiger partial charge in [-0.05, 0) is 24.3 Å². The van der Waals surface area contributed by atoms with Crippen LogP contribution in [0.15, 0.2) is 75.8 Å². The monoisotopic (exact) mass is 460 g/mol. The molecule has 0 aliphatic rings. The molecular formula is C23H16N4O3S2. The van der Waals surface area contributed by atoms with E-state index in [2.05, 4.69) is 20.6 Å². The van der Waals surface area contributed by atoms with Gasteiger partial charge < -0.3 is 9.73 Å². The second kappa shape index (κ2) is 8.74. The zero-order valence-corrected chi connectivity index (χ0v) is 18.2. The lowest BCUT2D eigenvalue weighted by Gasteiger charge is -2.01. The van der Waals surface area contributed by atoms with E-state index in [1.165, 1.54) is 22.7 Å². The zero-order valence-electron chi connectivity index (χ0n) is 16.6. The molecule has 7 nitrogen and oxygen atoms in total. The maximum absolute atomic E-state index is 12.4. The summed E-state index contributed by atoms with van der Waals surface area (Å²) < 4.78 is 5.82. The molecule has 5 rings (SSSR count). The van der Waals surface area contributed by atoms with E-state index in [0.717, 1.165) is 11.0 Å². The van der Waals surface area contributed by atoms with Crippen LogP contribution in [0.3, 0.4) is 0 Å². The fourth-order valence-electron chi connectivity index (χ4n) is 3.08. The van der Waals surface area contributed by atoms with Gasteiger partial charge in [-0.15, -0.1) is 22.7 Å². The van der Waals surface area contributed by atoms with Gasteiger partial charge in [-0.25, -0.2) is 9.97 Å². The first-order valence-electron chi connectivity index (χ1n) is 9.69. The molecule has 0 fully saturated rings. The Labute approximate surface area is 190 Å². The van der Waals surface area contributed by atoms with Crippen LogP contribution in [0.25, 0.3) is 22.4 Å². The van der Waals surface area contributed by atoms with E-state index < -0.39 is 0 Å². The van der Waals surface area contributed by atoms with E-state index in [1.54, 1.807) is 29.6 Å². The summed E-state index contributed by atoms with van der Waals surface area (Å²) in [7, 11) is 0. The molecule has 158 valence electrons. The molecule has 0 unspecified atom stereocenters. The van der Waals surface area contributed by atoms with Crippen molar-refractivity contribution < 1.29 is 14.0 Å². The number of aromatic nitrogens is 2. The number of hydrogen-bond acceptors (Lipinski definition) is 7. The molecular weight excluding hydrogens is 444 g/mol. The molecule has 32 heavy (non-hydrogen) atoms. The second-order valence-electron chi connectivity index (χ2n) is 6.88. The Balaban J connectivity index is 1.20. The van der Waals surface area contributed by atoms with Crippen molar-refractivity contribution in [3.63, 3.8) is 0 Å². The van der Waals surface area contributed by atoms with Gasteiger partial charge >= 0.3 is 0 Å². The molecule has 2 N–H and O–H groups in total. The molecule has 0 spiro atoms. The largest absolute Gasteiger partial charge is 0.454 e. The number of amides is 2. The predicted molar refractivity (Wildman–Crippen MR) is 126 cm³/mol. The standard InChI is InChI=1S/C23H16N4O3S2/c28-20(11-16-12-31-22(24-16)27-21(29)14-6-2-1-3-7-14)26-23-25-17(13-32-23)19-10-15-8-4-5-9-18(15)30-19/h1-10,12-13H,11H2,(H,24,27,29)(H,25,26,28). The van der Waals surface area contributed by atoms with Crippen molar-refractivity contribution in [1.82, 2.24) is 9.97 Å². The van der Waals surface area contributed by atoms with Gasteiger partial charge in [0, 0.05) is 21.7 Å². The fraction of sp³-hybridized carbons (Fsp3) is 0.0435. The summed E-state index contributed by atoms with van der Waals surface area (Å²) in [5.41, 5.74) is 2.58. The maximum atomic E-state index is 12.4. The summed E-state index contributed by atoms with van der Waals surface area (Å²) in [6, 6.07) is 18.6. The van der Waals surface area contributed by atoms with Gasteiger partial charge in [0.1, 0.15) is 11.3 Å². The first-order chi connectivity index (χ1) is 15.6. The molecule has 0 saturated heterocycles. The molecule has 3 heterocycles. The lowest BCUT2D eigenvalue weighted by Crippen LogP contribution is -2.15. The van der Waals surface area contributed by atoms with Crippen LogP contribution < -0.4 is 10.6 Å². The molecule has 0 bridgehead atoms. The number of para-hydroxylation sites is 1. The Bertz CT molecular complexity index is 1370. The first kappa shape index (κ1) is 20.1. The molecule has 0 aliphatic carbocycles. The number of carbonyl (C=O) groups excluding carboxylic acids is 2. The number of thiazole rings is 2. The summed E-state index contributed by atoms with van der Waals surface area (Å²) >= 11 is 2.60. The second-order valence-corrected chi connectivity index (χ2v) is 8.59. The minimum Gasteiger partial charge on any atom is -0.454 e. The average Bonchev–Trinajstić information content (AvgIpc) is 3.54. The molecule has 2 amide bonds. The van der Waals surface area contributed by atoms with Crippen LogP contribution in [0.5, 0.6) is 0 Å². The van der Waals surface area contributed by atoms with Crippen LogP contribution in [0, 0.1) is 0 Å². The topological polar surface area (TPSA) is 97.1 Å². The number of hydrogen-bond donors (Lipinski definition) is 2. The van der Waals surface area contributed by atoms with Crippen molar-refractivity contribution >= 4 is 55.7 Å². The average molecular weight is 461 g/mol. The Morgan fingerprint density at radius 1 is 0.875 bits per heavy atom. The SMILES string of the molecule is O=C(Cc1csc(NC(=O)c2ccccc2)n1)Nc1nc(-c2cc3ccccc3o2)cs1. The highest BCUT2D eigenvalue weighted by atomic mass is 32.1. The van der Waals surface area contributed by atoms with Gasteiger partial charge in [-0.1, -0.05) is 36.4 Å². The molecule has 0 atom stereocenters. The van der Waals surface area contributed by atoms with Crippen molar-refractivity contribution in [2.75, 3.05) is 10.6 Å². The van der Waals surface area contributed by atoms with Gasteiger partial charge in [0.2, 0.25) is 5.91 Å². The Morgan fingerprint density at radius 3 is 2.47 bits per heavy atom. The van der Waals surface area contributed by atoms with Crippen LogP contribution >= 0.6 is 22.7 Å². The fourth-order valence-corrected chi connectivity index (χ4v) is 4.51. The van der Waals surface area contributed by atoms with Crippen LogP contribution in [-0.4, -0.2) is 21.8 Å². The first-order valence-corrected chi connectivity index (χ1v) is 11.4. The highest BCUT2D eigenvalue weighted by Crippen LogP contribution is 2.30. The number of anilines is 2. The molecule has 0 radical (unpaired) electrons. The lowest BCUT2D eigenvalue weighted by molar-refractivity contribution is -0.115. The molecule has 5 aromatic rings. The van der Waals surface area contributed by atoms with Crippen molar-refractivity contribution in [2.45, 2.75) is 6.42 Å². The summed E-state index contributed by atoms with van der Waals surface area (Å²) in [5.74, 6) is 0.180. The van der Waals surface area contributed by atoms with E-state index in [4.69, 9.17) is 4.42 Å². The summed E-state index contributed by atoms with van der Waals surface area (Å²) in [4.78, 5) is 33.4. The number of carbonyl (C=O) groups is 2. The normalized spacial score (nSPS) is 10.9. The smallest absolute Gasteiger partial charge is 0.257 e. The van der Waals surface area contributed by atoms with E-state index in [1.807, 2.05) is 41.8 Å². The van der Waals surface area contributed by atoms with E-state index in [-0.39, 0.29) is 18.2 Å². The highest BCUT2D eigenvalue weighted by Gasteiger charge is 2.14. The van der Waals surface area contributed by atoms with Gasteiger partial charge in [-0.2, -0.15) is 0 Å². The minimum atomic E-state index is -0.239. The van der Waals surface area contributed by atoms with Crippen LogP contribution in [-0.2, 0) is 11.2 Å². The number of nitrogens with zero attached hydrogens (tertiary/aromatic N) is 2. The number of rotatable bonds is 6. The number of fused-ring (bicyclic) bond motifs is 1. The maximum Gasteiger partial charge on any atom is 0.257 e.